The van der Waals surface area contributed by atoms with Crippen molar-refractivity contribution in [3.05, 3.63) is 23.2 Å². The summed E-state index contributed by atoms with van der Waals surface area (Å²) in [6, 6.07) is 6.36. The lowest BCUT2D eigenvalue weighted by Crippen LogP contribution is -2.37. The van der Waals surface area contributed by atoms with E-state index in [0.29, 0.717) is 11.1 Å². The molecule has 1 aliphatic rings. The normalized spacial score (nSPS) is 21.7. The van der Waals surface area contributed by atoms with Crippen LogP contribution < -0.4 is 10.6 Å². The third-order valence-corrected chi connectivity index (χ3v) is 3.34. The fourth-order valence-electron chi connectivity index (χ4n) is 2.24. The summed E-state index contributed by atoms with van der Waals surface area (Å²) < 4.78 is 0. The Morgan fingerprint density at radius 3 is 2.87 bits per heavy atom. The van der Waals surface area contributed by atoms with Gasteiger partial charge in [-0.05, 0) is 44.4 Å². The molecule has 2 rings (SSSR count). The first kappa shape index (κ1) is 10.6. The molecular formula is C12H17ClN2. The van der Waals surface area contributed by atoms with Crippen molar-refractivity contribution in [3.8, 4) is 0 Å². The monoisotopic (exact) mass is 224 g/mol. The van der Waals surface area contributed by atoms with Gasteiger partial charge in [0.2, 0.25) is 0 Å². The maximum atomic E-state index is 5.99. The van der Waals surface area contributed by atoms with Crippen LogP contribution in [0.5, 0.6) is 0 Å². The van der Waals surface area contributed by atoms with E-state index >= 15 is 0 Å². The zero-order chi connectivity index (χ0) is 10.8. The van der Waals surface area contributed by atoms with Gasteiger partial charge in [0.25, 0.3) is 0 Å². The molecule has 0 radical (unpaired) electrons. The molecule has 0 unspecified atom stereocenters. The molecule has 82 valence electrons. The maximum Gasteiger partial charge on any atom is 0.0603 e. The lowest BCUT2D eigenvalue weighted by molar-refractivity contribution is 0.485. The van der Waals surface area contributed by atoms with Gasteiger partial charge in [0.1, 0.15) is 0 Å². The van der Waals surface area contributed by atoms with Crippen LogP contribution in [0.4, 0.5) is 11.4 Å². The second-order valence-electron chi connectivity index (χ2n) is 4.24. The highest BCUT2D eigenvalue weighted by Gasteiger charge is 2.19. The van der Waals surface area contributed by atoms with Gasteiger partial charge in [0, 0.05) is 17.6 Å². The number of rotatable bonds is 1. The summed E-state index contributed by atoms with van der Waals surface area (Å²) in [7, 11) is 0. The molecule has 0 aliphatic carbocycles. The molecule has 2 N–H and O–H groups in total. The number of hydrogen-bond donors (Lipinski definition) is 1. The van der Waals surface area contributed by atoms with E-state index in [4.69, 9.17) is 17.3 Å². The van der Waals surface area contributed by atoms with Gasteiger partial charge in [-0.2, -0.15) is 0 Å². The highest BCUT2D eigenvalue weighted by Crippen LogP contribution is 2.31. The molecule has 1 fully saturated rings. The zero-order valence-corrected chi connectivity index (χ0v) is 9.80. The molecule has 2 nitrogen and oxygen atoms in total. The fourth-order valence-corrected chi connectivity index (χ4v) is 2.42. The maximum absolute atomic E-state index is 5.99. The van der Waals surface area contributed by atoms with Crippen molar-refractivity contribution in [2.75, 3.05) is 17.2 Å². The molecule has 0 aromatic heterocycles. The summed E-state index contributed by atoms with van der Waals surface area (Å²) in [6.45, 7) is 3.36. The van der Waals surface area contributed by atoms with E-state index in [9.17, 15) is 0 Å². The van der Waals surface area contributed by atoms with Gasteiger partial charge in [0.05, 0.1) is 11.4 Å². The van der Waals surface area contributed by atoms with E-state index in [-0.39, 0.29) is 0 Å². The Kier molecular flexibility index (Phi) is 3.06. The molecule has 15 heavy (non-hydrogen) atoms. The van der Waals surface area contributed by atoms with Crippen LogP contribution in [-0.2, 0) is 0 Å². The molecule has 1 atom stereocenters. The lowest BCUT2D eigenvalue weighted by Gasteiger charge is -2.36. The molecule has 0 spiro atoms. The molecule has 1 heterocycles. The Balaban J connectivity index is 2.27. The first-order valence-electron chi connectivity index (χ1n) is 5.50. The highest BCUT2D eigenvalue weighted by atomic mass is 35.5. The largest absolute Gasteiger partial charge is 0.397 e. The van der Waals surface area contributed by atoms with Gasteiger partial charge in [-0.1, -0.05) is 11.6 Å². The van der Waals surface area contributed by atoms with Gasteiger partial charge in [0.15, 0.2) is 0 Å². The van der Waals surface area contributed by atoms with Crippen molar-refractivity contribution in [3.63, 3.8) is 0 Å². The van der Waals surface area contributed by atoms with Crippen LogP contribution in [0.15, 0.2) is 18.2 Å². The number of anilines is 2. The third kappa shape index (κ3) is 2.20. The lowest BCUT2D eigenvalue weighted by atomic mass is 10.0. The van der Waals surface area contributed by atoms with Crippen LogP contribution in [0.3, 0.4) is 0 Å². The number of nitrogens with zero attached hydrogens (tertiary/aromatic N) is 1. The second kappa shape index (κ2) is 4.31. The average Bonchev–Trinajstić information content (AvgIpc) is 2.20. The third-order valence-electron chi connectivity index (χ3n) is 3.10. The minimum Gasteiger partial charge on any atom is -0.397 e. The first-order chi connectivity index (χ1) is 7.18. The SMILES string of the molecule is C[C@@H]1CCCCN1c1ccc(Cl)cc1N. The number of nitrogens with two attached hydrogens (primary N) is 1. The number of nitrogen functional groups attached to an aromatic ring is 1. The Morgan fingerprint density at radius 2 is 2.20 bits per heavy atom. The van der Waals surface area contributed by atoms with Crippen LogP contribution >= 0.6 is 11.6 Å². The van der Waals surface area contributed by atoms with Crippen molar-refractivity contribution in [2.24, 2.45) is 0 Å². The van der Waals surface area contributed by atoms with E-state index in [1.807, 2.05) is 18.2 Å². The van der Waals surface area contributed by atoms with Gasteiger partial charge in [-0.3, -0.25) is 0 Å². The fraction of sp³-hybridized carbons (Fsp3) is 0.500. The van der Waals surface area contributed by atoms with Crippen LogP contribution in [0, 0.1) is 0 Å². The standard InChI is InChI=1S/C12H17ClN2/c1-9-4-2-3-7-15(9)12-6-5-10(13)8-11(12)14/h5-6,8-9H,2-4,7,14H2,1H3/t9-/m1/s1. The summed E-state index contributed by atoms with van der Waals surface area (Å²) >= 11 is 5.89. The quantitative estimate of drug-likeness (QED) is 0.742. The van der Waals surface area contributed by atoms with Gasteiger partial charge >= 0.3 is 0 Å². The molecule has 1 aromatic carbocycles. The second-order valence-corrected chi connectivity index (χ2v) is 4.68. The number of halogens is 1. The van der Waals surface area contributed by atoms with Crippen LogP contribution in [0.2, 0.25) is 5.02 Å². The van der Waals surface area contributed by atoms with Gasteiger partial charge in [-0.25, -0.2) is 0 Å². The van der Waals surface area contributed by atoms with Gasteiger partial charge < -0.3 is 10.6 Å². The molecule has 0 amide bonds. The first-order valence-corrected chi connectivity index (χ1v) is 5.88. The average molecular weight is 225 g/mol. The summed E-state index contributed by atoms with van der Waals surface area (Å²) in [4.78, 5) is 2.38. The molecule has 0 saturated carbocycles. The zero-order valence-electron chi connectivity index (χ0n) is 9.04. The van der Waals surface area contributed by atoms with E-state index in [1.54, 1.807) is 0 Å². The summed E-state index contributed by atoms with van der Waals surface area (Å²) in [5.41, 5.74) is 7.91. The predicted octanol–water partition coefficient (Wildman–Crippen LogP) is 3.30. The number of benzene rings is 1. The minimum atomic E-state index is 0.585. The predicted molar refractivity (Wildman–Crippen MR) is 66.5 cm³/mol. The number of hydrogen-bond acceptors (Lipinski definition) is 2. The van der Waals surface area contributed by atoms with Crippen LogP contribution in [-0.4, -0.2) is 12.6 Å². The van der Waals surface area contributed by atoms with Gasteiger partial charge in [-0.15, -0.1) is 0 Å². The van der Waals surface area contributed by atoms with Crippen molar-refractivity contribution >= 4 is 23.0 Å². The highest BCUT2D eigenvalue weighted by molar-refractivity contribution is 6.31. The van der Waals surface area contributed by atoms with Crippen LogP contribution in [0.25, 0.3) is 0 Å². The minimum absolute atomic E-state index is 0.585. The van der Waals surface area contributed by atoms with E-state index in [0.717, 1.165) is 17.9 Å². The van der Waals surface area contributed by atoms with E-state index in [1.165, 1.54) is 19.3 Å². The van der Waals surface area contributed by atoms with Crippen LogP contribution in [0.1, 0.15) is 26.2 Å². The Bertz CT molecular complexity index is 351. The Labute approximate surface area is 96.0 Å². The van der Waals surface area contributed by atoms with Crippen molar-refractivity contribution < 1.29 is 0 Å². The topological polar surface area (TPSA) is 29.3 Å². The van der Waals surface area contributed by atoms with E-state index < -0.39 is 0 Å². The molecule has 3 heteroatoms. The number of piperidine rings is 1. The molecule has 0 bridgehead atoms. The van der Waals surface area contributed by atoms with Crippen molar-refractivity contribution in [1.82, 2.24) is 0 Å². The summed E-state index contributed by atoms with van der Waals surface area (Å²) in [6.07, 6.45) is 3.83. The van der Waals surface area contributed by atoms with Crippen molar-refractivity contribution in [2.45, 2.75) is 32.2 Å². The molecule has 1 aromatic rings. The van der Waals surface area contributed by atoms with Crippen molar-refractivity contribution in [1.29, 1.82) is 0 Å². The van der Waals surface area contributed by atoms with E-state index in [2.05, 4.69) is 11.8 Å². The molecular weight excluding hydrogens is 208 g/mol. The Hall–Kier alpha value is -0.890. The molecule has 1 aliphatic heterocycles. The molecule has 1 saturated heterocycles. The summed E-state index contributed by atoms with van der Waals surface area (Å²) in [5, 5.41) is 0.709. The Morgan fingerprint density at radius 1 is 1.40 bits per heavy atom. The smallest absolute Gasteiger partial charge is 0.0603 e. The summed E-state index contributed by atoms with van der Waals surface area (Å²) in [5.74, 6) is 0.